The molecule has 4 heteroatoms. The zero-order valence-corrected chi connectivity index (χ0v) is 9.80. The van der Waals surface area contributed by atoms with Gasteiger partial charge in [-0.25, -0.2) is 0 Å². The number of benzene rings is 1. The molecule has 1 aliphatic heterocycles. The summed E-state index contributed by atoms with van der Waals surface area (Å²) in [6.45, 7) is 2.61. The van der Waals surface area contributed by atoms with Crippen molar-refractivity contribution in [2.45, 2.75) is 19.3 Å². The van der Waals surface area contributed by atoms with Gasteiger partial charge in [-0.15, -0.1) is 0 Å². The van der Waals surface area contributed by atoms with E-state index in [1.165, 1.54) is 0 Å². The number of rotatable bonds is 3. The molecule has 0 bridgehead atoms. The van der Waals surface area contributed by atoms with E-state index in [1.807, 2.05) is 37.3 Å². The molecule has 0 aliphatic carbocycles. The van der Waals surface area contributed by atoms with Crippen molar-refractivity contribution in [1.82, 2.24) is 0 Å². The Morgan fingerprint density at radius 1 is 1.35 bits per heavy atom. The summed E-state index contributed by atoms with van der Waals surface area (Å²) in [5.74, 6) is 0. The maximum atomic E-state index is 9.70. The van der Waals surface area contributed by atoms with Gasteiger partial charge in [-0.3, -0.25) is 0 Å². The van der Waals surface area contributed by atoms with Gasteiger partial charge in [0.15, 0.2) is 6.29 Å². The van der Waals surface area contributed by atoms with Crippen LogP contribution in [-0.4, -0.2) is 30.6 Å². The Labute approximate surface area is 101 Å². The van der Waals surface area contributed by atoms with Crippen LogP contribution >= 0.6 is 0 Å². The molecule has 92 valence electrons. The average molecular weight is 235 g/mol. The Bertz CT molecular complexity index is 372. The van der Waals surface area contributed by atoms with Crippen LogP contribution in [0.3, 0.4) is 0 Å². The minimum absolute atomic E-state index is 0.373. The highest BCUT2D eigenvalue weighted by Gasteiger charge is 2.38. The van der Waals surface area contributed by atoms with E-state index in [0.29, 0.717) is 13.2 Å². The molecule has 0 amide bonds. The molecular weight excluding hydrogens is 218 g/mol. The predicted molar refractivity (Wildman–Crippen MR) is 64.0 cm³/mol. The molecule has 4 nitrogen and oxygen atoms in total. The molecule has 1 aromatic carbocycles. The minimum atomic E-state index is -0.834. The fourth-order valence-corrected chi connectivity index (χ4v) is 1.80. The van der Waals surface area contributed by atoms with Crippen molar-refractivity contribution in [2.75, 3.05) is 13.2 Å². The molecule has 0 radical (unpaired) electrons. The highest BCUT2D eigenvalue weighted by molar-refractivity contribution is 5.60. The van der Waals surface area contributed by atoms with E-state index in [1.54, 1.807) is 0 Å². The van der Waals surface area contributed by atoms with Crippen molar-refractivity contribution in [3.63, 3.8) is 0 Å². The van der Waals surface area contributed by atoms with Gasteiger partial charge < -0.3 is 20.0 Å². The summed E-state index contributed by atoms with van der Waals surface area (Å²) in [4.78, 5) is 0. The fraction of sp³-hybridized carbons (Fsp3) is 0.462. The summed E-state index contributed by atoms with van der Waals surface area (Å²) in [5, 5.41) is 16.8. The normalized spacial score (nSPS) is 30.8. The highest BCUT2D eigenvalue weighted by atomic mass is 16.7. The lowest BCUT2D eigenvalue weighted by Gasteiger charge is -2.39. The van der Waals surface area contributed by atoms with Crippen LogP contribution in [0, 0.1) is 10.8 Å². The molecule has 1 unspecified atom stereocenters. The number of ether oxygens (including phenoxy) is 2. The van der Waals surface area contributed by atoms with Gasteiger partial charge in [-0.2, -0.15) is 0 Å². The van der Waals surface area contributed by atoms with Gasteiger partial charge in [0.05, 0.1) is 19.3 Å². The quantitative estimate of drug-likeness (QED) is 0.784. The Hall–Kier alpha value is -1.23. The van der Waals surface area contributed by atoms with Gasteiger partial charge >= 0.3 is 0 Å². The molecule has 0 saturated carbocycles. The second-order valence-corrected chi connectivity index (χ2v) is 4.63. The summed E-state index contributed by atoms with van der Waals surface area (Å²) >= 11 is 0. The van der Waals surface area contributed by atoms with Crippen molar-refractivity contribution in [3.8, 4) is 0 Å². The fourth-order valence-electron chi connectivity index (χ4n) is 1.80. The highest BCUT2D eigenvalue weighted by Crippen LogP contribution is 2.33. The van der Waals surface area contributed by atoms with Crippen LogP contribution in [0.25, 0.3) is 0 Å². The molecule has 1 heterocycles. The van der Waals surface area contributed by atoms with Crippen LogP contribution in [0.4, 0.5) is 0 Å². The van der Waals surface area contributed by atoms with Gasteiger partial charge in [0.1, 0.15) is 0 Å². The molecule has 0 spiro atoms. The first-order chi connectivity index (χ1) is 8.15. The topological polar surface area (TPSA) is 62.5 Å². The summed E-state index contributed by atoms with van der Waals surface area (Å²) in [6.07, 6.45) is -0.184. The monoisotopic (exact) mass is 235 g/mol. The van der Waals surface area contributed by atoms with Gasteiger partial charge in [0.2, 0.25) is 0 Å². The van der Waals surface area contributed by atoms with E-state index in [-0.39, 0.29) is 6.29 Å². The van der Waals surface area contributed by atoms with Crippen LogP contribution < -0.4 is 0 Å². The van der Waals surface area contributed by atoms with Crippen molar-refractivity contribution in [1.29, 1.82) is 5.41 Å². The maximum Gasteiger partial charge on any atom is 0.183 e. The van der Waals surface area contributed by atoms with E-state index in [0.717, 1.165) is 11.8 Å². The van der Waals surface area contributed by atoms with Crippen LogP contribution in [0.15, 0.2) is 30.3 Å². The van der Waals surface area contributed by atoms with E-state index < -0.39 is 11.5 Å². The Morgan fingerprint density at radius 3 is 2.47 bits per heavy atom. The van der Waals surface area contributed by atoms with Crippen molar-refractivity contribution < 1.29 is 14.6 Å². The van der Waals surface area contributed by atoms with E-state index in [4.69, 9.17) is 14.9 Å². The van der Waals surface area contributed by atoms with Crippen molar-refractivity contribution in [2.24, 2.45) is 5.41 Å². The number of aliphatic hydroxyl groups excluding tert-OH is 1. The number of hydrogen-bond donors (Lipinski definition) is 2. The lowest BCUT2D eigenvalue weighted by molar-refractivity contribution is -0.242. The van der Waals surface area contributed by atoms with Gasteiger partial charge in [-0.1, -0.05) is 37.3 Å². The first-order valence-electron chi connectivity index (χ1n) is 5.62. The zero-order valence-electron chi connectivity index (χ0n) is 9.80. The standard InChI is InChI=1S/C13H17NO3/c1-13(11(15)7-14)8-16-12(17-9-13)10-5-3-2-4-6-10/h2-7,11-12,14-15H,8-9H2,1H3. The summed E-state index contributed by atoms with van der Waals surface area (Å²) in [6, 6.07) is 9.69. The van der Waals surface area contributed by atoms with Gasteiger partial charge in [0, 0.05) is 17.2 Å². The third kappa shape index (κ3) is 2.54. The summed E-state index contributed by atoms with van der Waals surface area (Å²) in [5.41, 5.74) is 0.437. The Balaban J connectivity index is 2.01. The lowest BCUT2D eigenvalue weighted by atomic mass is 9.86. The van der Waals surface area contributed by atoms with E-state index >= 15 is 0 Å². The predicted octanol–water partition coefficient (Wildman–Crippen LogP) is 1.75. The Kier molecular flexibility index (Phi) is 3.57. The third-order valence-electron chi connectivity index (χ3n) is 3.07. The Morgan fingerprint density at radius 2 is 1.94 bits per heavy atom. The van der Waals surface area contributed by atoms with Gasteiger partial charge in [0.25, 0.3) is 0 Å². The minimum Gasteiger partial charge on any atom is -0.387 e. The third-order valence-corrected chi connectivity index (χ3v) is 3.07. The first-order valence-corrected chi connectivity index (χ1v) is 5.62. The second kappa shape index (κ2) is 4.96. The average Bonchev–Trinajstić information content (AvgIpc) is 2.39. The van der Waals surface area contributed by atoms with Crippen molar-refractivity contribution in [3.05, 3.63) is 35.9 Å². The molecular formula is C13H17NO3. The largest absolute Gasteiger partial charge is 0.387 e. The van der Waals surface area contributed by atoms with Crippen LogP contribution in [0.1, 0.15) is 18.8 Å². The SMILES string of the molecule is CC1(C(O)C=N)COC(c2ccccc2)OC1. The van der Waals surface area contributed by atoms with E-state index in [9.17, 15) is 5.11 Å². The summed E-state index contributed by atoms with van der Waals surface area (Å²) in [7, 11) is 0. The number of aliphatic hydroxyl groups is 1. The molecule has 1 fully saturated rings. The van der Waals surface area contributed by atoms with Crippen LogP contribution in [0.5, 0.6) is 0 Å². The first kappa shape index (κ1) is 12.2. The summed E-state index contributed by atoms with van der Waals surface area (Å²) < 4.78 is 11.2. The molecule has 1 aromatic rings. The maximum absolute atomic E-state index is 9.70. The number of hydrogen-bond acceptors (Lipinski definition) is 4. The molecule has 2 rings (SSSR count). The molecule has 0 aromatic heterocycles. The van der Waals surface area contributed by atoms with Gasteiger partial charge in [-0.05, 0) is 0 Å². The number of nitrogens with one attached hydrogen (secondary N) is 1. The molecule has 1 aliphatic rings. The zero-order chi connectivity index (χ0) is 12.3. The molecule has 1 saturated heterocycles. The molecule has 17 heavy (non-hydrogen) atoms. The van der Waals surface area contributed by atoms with Crippen LogP contribution in [-0.2, 0) is 9.47 Å². The van der Waals surface area contributed by atoms with E-state index in [2.05, 4.69) is 0 Å². The molecule has 1 atom stereocenters. The van der Waals surface area contributed by atoms with Crippen LogP contribution in [0.2, 0.25) is 0 Å². The second-order valence-electron chi connectivity index (χ2n) is 4.63. The lowest BCUT2D eigenvalue weighted by Crippen LogP contribution is -2.45. The molecule has 2 N–H and O–H groups in total. The smallest absolute Gasteiger partial charge is 0.183 e. The van der Waals surface area contributed by atoms with Crippen molar-refractivity contribution >= 4 is 6.21 Å².